The molecule has 0 saturated carbocycles. The summed E-state index contributed by atoms with van der Waals surface area (Å²) in [5.41, 5.74) is 14.4. The van der Waals surface area contributed by atoms with E-state index in [1.165, 1.54) is 12.1 Å². The van der Waals surface area contributed by atoms with Crippen LogP contribution < -0.4 is 15.4 Å². The lowest BCUT2D eigenvalue weighted by molar-refractivity contribution is -0.118. The summed E-state index contributed by atoms with van der Waals surface area (Å²) < 4.78 is 19.4. The van der Waals surface area contributed by atoms with E-state index in [0.29, 0.717) is 35.6 Å². The highest BCUT2D eigenvalue weighted by molar-refractivity contribution is 6.02. The van der Waals surface area contributed by atoms with Crippen molar-refractivity contribution in [1.29, 1.82) is 5.26 Å². The van der Waals surface area contributed by atoms with Gasteiger partial charge in [-0.3, -0.25) is 9.69 Å². The van der Waals surface area contributed by atoms with Crippen LogP contribution in [0, 0.1) is 36.4 Å². The Labute approximate surface area is 241 Å². The smallest absolute Gasteiger partial charge is 0.162 e. The molecule has 0 radical (unpaired) electrons. The summed E-state index contributed by atoms with van der Waals surface area (Å²) in [5.74, 6) is 0.0781. The molecule has 0 saturated heterocycles. The monoisotopic (exact) mass is 549 g/mol. The van der Waals surface area contributed by atoms with Gasteiger partial charge < -0.3 is 10.5 Å². The van der Waals surface area contributed by atoms with Gasteiger partial charge in [-0.2, -0.15) is 5.26 Å². The maximum absolute atomic E-state index is 14.0. The molecule has 3 aromatic rings. The lowest BCUT2D eigenvalue weighted by Gasteiger charge is -2.44. The van der Waals surface area contributed by atoms with Crippen molar-refractivity contribution in [3.05, 3.63) is 117 Å². The van der Waals surface area contributed by atoms with Crippen LogP contribution in [-0.2, 0) is 17.8 Å². The number of nitriles is 1. The summed E-state index contributed by atoms with van der Waals surface area (Å²) >= 11 is 0. The maximum atomic E-state index is 14.0. The number of Topliss-reactive ketones (excluding diaryl/α,β-unsaturated/α-hetero) is 1. The second kappa shape index (κ2) is 10.9. The predicted octanol–water partition coefficient (Wildman–Crippen LogP) is 7.52. The van der Waals surface area contributed by atoms with Crippen LogP contribution in [0.3, 0.4) is 0 Å². The first-order valence-corrected chi connectivity index (χ1v) is 14.1. The lowest BCUT2D eigenvalue weighted by atomic mass is 9.68. The number of ketones is 1. The third-order valence-corrected chi connectivity index (χ3v) is 8.24. The van der Waals surface area contributed by atoms with E-state index in [1.54, 1.807) is 12.1 Å². The fourth-order valence-corrected chi connectivity index (χ4v) is 6.20. The highest BCUT2D eigenvalue weighted by Gasteiger charge is 2.45. The summed E-state index contributed by atoms with van der Waals surface area (Å²) in [6, 6.07) is 20.5. The average Bonchev–Trinajstić information content (AvgIpc) is 2.92. The quantitative estimate of drug-likeness (QED) is 0.344. The number of carbonyl (C=O) groups is 1. The number of benzene rings is 3. The standard InChI is InChI=1S/C35H36FN3O2/c1-6-23-9-7-8-10-29(23)39-30-17-35(4,5)18-31(40)33(30)32(28(19-37)34(39)38)27-16-24(21(2)15-22(27)3)20-41-26-13-11-25(36)12-14-26/h7-16,32H,6,17-18,20,38H2,1-5H3. The molecule has 1 atom stereocenters. The maximum Gasteiger partial charge on any atom is 0.162 e. The van der Waals surface area contributed by atoms with Crippen molar-refractivity contribution >= 4 is 11.5 Å². The molecule has 0 fully saturated rings. The van der Waals surface area contributed by atoms with Crippen LogP contribution in [0.2, 0.25) is 0 Å². The van der Waals surface area contributed by atoms with Crippen LogP contribution in [0.4, 0.5) is 10.1 Å². The van der Waals surface area contributed by atoms with Crippen molar-refractivity contribution in [2.75, 3.05) is 4.90 Å². The lowest BCUT2D eigenvalue weighted by Crippen LogP contribution is -2.42. The number of anilines is 1. The summed E-state index contributed by atoms with van der Waals surface area (Å²) in [6.45, 7) is 10.6. The molecule has 41 heavy (non-hydrogen) atoms. The van der Waals surface area contributed by atoms with E-state index in [-0.39, 0.29) is 23.6 Å². The van der Waals surface area contributed by atoms with Gasteiger partial charge in [-0.25, -0.2) is 4.39 Å². The minimum absolute atomic E-state index is 0.0459. The van der Waals surface area contributed by atoms with Gasteiger partial charge in [0.25, 0.3) is 0 Å². The molecule has 210 valence electrons. The highest BCUT2D eigenvalue weighted by Crippen LogP contribution is 2.51. The Hall–Kier alpha value is -4.37. The van der Waals surface area contributed by atoms with Crippen LogP contribution in [0.25, 0.3) is 0 Å². The molecule has 2 N–H and O–H groups in total. The van der Waals surface area contributed by atoms with Crippen LogP contribution in [0.15, 0.2) is 83.3 Å². The number of aryl methyl sites for hydroxylation is 3. The number of carbonyl (C=O) groups excluding carboxylic acids is 1. The average molecular weight is 550 g/mol. The van der Waals surface area contributed by atoms with Gasteiger partial charge in [-0.15, -0.1) is 0 Å². The fourth-order valence-electron chi connectivity index (χ4n) is 6.20. The van der Waals surface area contributed by atoms with Gasteiger partial charge in [0.1, 0.15) is 24.0 Å². The van der Waals surface area contributed by atoms with E-state index in [9.17, 15) is 14.4 Å². The van der Waals surface area contributed by atoms with E-state index in [2.05, 4.69) is 39.0 Å². The van der Waals surface area contributed by atoms with Crippen molar-refractivity contribution < 1.29 is 13.9 Å². The van der Waals surface area contributed by atoms with Gasteiger partial charge >= 0.3 is 0 Å². The number of nitrogens with zero attached hydrogens (tertiary/aromatic N) is 2. The minimum Gasteiger partial charge on any atom is -0.489 e. The van der Waals surface area contributed by atoms with Crippen molar-refractivity contribution in [3.63, 3.8) is 0 Å². The Balaban J connectivity index is 1.67. The molecule has 0 aromatic heterocycles. The molecule has 0 spiro atoms. The van der Waals surface area contributed by atoms with Gasteiger partial charge in [0.15, 0.2) is 5.78 Å². The topological polar surface area (TPSA) is 79.3 Å². The number of ether oxygens (including phenoxy) is 1. The number of halogens is 1. The van der Waals surface area contributed by atoms with Crippen LogP contribution in [-0.4, -0.2) is 5.78 Å². The van der Waals surface area contributed by atoms with Crippen molar-refractivity contribution in [1.82, 2.24) is 0 Å². The molecule has 1 aliphatic heterocycles. The molecule has 5 rings (SSSR count). The fraction of sp³-hybridized carbons (Fsp3) is 0.314. The molecule has 3 aromatic carbocycles. The largest absolute Gasteiger partial charge is 0.489 e. The number of rotatable bonds is 6. The highest BCUT2D eigenvalue weighted by atomic mass is 19.1. The second-order valence-electron chi connectivity index (χ2n) is 11.8. The summed E-state index contributed by atoms with van der Waals surface area (Å²) in [6.07, 6.45) is 1.85. The number of nitrogens with two attached hydrogens (primary N) is 1. The third-order valence-electron chi connectivity index (χ3n) is 8.24. The molecule has 1 aliphatic carbocycles. The SMILES string of the molecule is CCc1ccccc1N1C(N)=C(C#N)C(c2cc(COc3ccc(F)cc3)c(C)cc2C)C2=C1CC(C)(C)CC2=O. The van der Waals surface area contributed by atoms with Crippen molar-refractivity contribution in [3.8, 4) is 11.8 Å². The Morgan fingerprint density at radius 2 is 1.76 bits per heavy atom. The van der Waals surface area contributed by atoms with Gasteiger partial charge in [-0.1, -0.05) is 51.1 Å². The second-order valence-corrected chi connectivity index (χ2v) is 11.8. The van der Waals surface area contributed by atoms with Crippen LogP contribution >= 0.6 is 0 Å². The minimum atomic E-state index is -0.575. The molecule has 0 bridgehead atoms. The van der Waals surface area contributed by atoms with Crippen molar-refractivity contribution in [2.45, 2.75) is 66.4 Å². The Bertz CT molecular complexity index is 1630. The van der Waals surface area contributed by atoms with E-state index in [4.69, 9.17) is 10.5 Å². The molecule has 0 amide bonds. The van der Waals surface area contributed by atoms with Gasteiger partial charge in [-0.05, 0) is 90.3 Å². The molecule has 5 nitrogen and oxygen atoms in total. The molecule has 1 unspecified atom stereocenters. The van der Waals surface area contributed by atoms with Gasteiger partial charge in [0.05, 0.1) is 23.2 Å². The zero-order valence-corrected chi connectivity index (χ0v) is 24.3. The number of para-hydroxylation sites is 1. The number of hydrogen-bond acceptors (Lipinski definition) is 5. The molecule has 1 heterocycles. The molecule has 2 aliphatic rings. The van der Waals surface area contributed by atoms with E-state index in [1.807, 2.05) is 43.0 Å². The Morgan fingerprint density at radius 1 is 1.05 bits per heavy atom. The summed E-state index contributed by atoms with van der Waals surface area (Å²) in [4.78, 5) is 16.0. The van der Waals surface area contributed by atoms with E-state index < -0.39 is 5.92 Å². The van der Waals surface area contributed by atoms with E-state index >= 15 is 0 Å². The number of allylic oxidation sites excluding steroid dienone is 3. The summed E-state index contributed by atoms with van der Waals surface area (Å²) in [5, 5.41) is 10.5. The first-order valence-electron chi connectivity index (χ1n) is 14.1. The predicted molar refractivity (Wildman–Crippen MR) is 160 cm³/mol. The van der Waals surface area contributed by atoms with Crippen LogP contribution in [0.1, 0.15) is 67.3 Å². The third kappa shape index (κ3) is 5.25. The Kier molecular flexibility index (Phi) is 7.48. The number of hydrogen-bond donors (Lipinski definition) is 1. The molecular formula is C35H36FN3O2. The normalized spacial score (nSPS) is 18.3. The Morgan fingerprint density at radius 3 is 2.44 bits per heavy atom. The van der Waals surface area contributed by atoms with Crippen molar-refractivity contribution in [2.24, 2.45) is 11.1 Å². The first-order chi connectivity index (χ1) is 19.5. The first kappa shape index (κ1) is 28.2. The van der Waals surface area contributed by atoms with Crippen LogP contribution in [0.5, 0.6) is 5.75 Å². The molecular weight excluding hydrogens is 513 g/mol. The summed E-state index contributed by atoms with van der Waals surface area (Å²) in [7, 11) is 0. The van der Waals surface area contributed by atoms with Gasteiger partial charge in [0.2, 0.25) is 0 Å². The van der Waals surface area contributed by atoms with E-state index in [0.717, 1.165) is 45.6 Å². The zero-order valence-electron chi connectivity index (χ0n) is 24.3. The molecule has 6 heteroatoms. The van der Waals surface area contributed by atoms with Gasteiger partial charge in [0, 0.05) is 17.7 Å². The zero-order chi connectivity index (χ0) is 29.5.